The van der Waals surface area contributed by atoms with E-state index in [1.54, 1.807) is 0 Å². The number of rotatable bonds is 16. The smallest absolute Gasteiger partial charge is 0.217 e. The zero-order valence-corrected chi connectivity index (χ0v) is 34.1. The van der Waals surface area contributed by atoms with Crippen LogP contribution in [0.2, 0.25) is 0 Å². The van der Waals surface area contributed by atoms with Gasteiger partial charge in [-0.3, -0.25) is 9.59 Å². The Balaban J connectivity index is 1.42. The second kappa shape index (κ2) is 22.6. The molecule has 5 fully saturated rings. The molecule has 28 nitrogen and oxygen atoms in total. The van der Waals surface area contributed by atoms with Gasteiger partial charge in [0.1, 0.15) is 122 Å². The van der Waals surface area contributed by atoms with E-state index in [0.29, 0.717) is 0 Å². The SMILES string of the molecule is CO[C@@H]1[C@H](O)[C@@H](O[C@@H]2[C@H](O)[C@H](O[C@H]3[C@H](O)[C@@H](NC(C)=O)[C@H](O[C@H]4[C@H](O)[C@@H](NC(C)=O)[C@H](O)O[C@@H]4CO)O[C@@H]3CO)O[C@H](CO[C@H]3O[C@H](CO)[C@@H](O)[C@H](O)[C@@H]3O)[C@H]2O)O[C@H](CO)[C@H]1O. The molecule has 5 saturated heterocycles. The van der Waals surface area contributed by atoms with Crippen LogP contribution in [0.5, 0.6) is 0 Å². The minimum absolute atomic E-state index is 0.687. The second-order valence-electron chi connectivity index (χ2n) is 15.7. The maximum absolute atomic E-state index is 12.5. The van der Waals surface area contributed by atoms with Crippen molar-refractivity contribution in [3.63, 3.8) is 0 Å². The Labute approximate surface area is 358 Å². The van der Waals surface area contributed by atoms with Crippen molar-refractivity contribution in [2.45, 2.75) is 167 Å². The van der Waals surface area contributed by atoms with Gasteiger partial charge in [0.25, 0.3) is 0 Å². The van der Waals surface area contributed by atoms with E-state index >= 15 is 0 Å². The highest BCUT2D eigenvalue weighted by molar-refractivity contribution is 5.73. The lowest BCUT2D eigenvalue weighted by Gasteiger charge is -2.50. The summed E-state index contributed by atoms with van der Waals surface area (Å²) >= 11 is 0. The highest BCUT2D eigenvalue weighted by Crippen LogP contribution is 2.35. The summed E-state index contributed by atoms with van der Waals surface area (Å²) in [7, 11) is 1.13. The molecule has 63 heavy (non-hydrogen) atoms. The molecular formula is C35H60N2O26. The summed E-state index contributed by atoms with van der Waals surface area (Å²) in [5.74, 6) is -1.47. The summed E-state index contributed by atoms with van der Waals surface area (Å²) in [6, 6.07) is -3.17. The molecule has 0 unspecified atom stereocenters. The van der Waals surface area contributed by atoms with Crippen LogP contribution in [0.15, 0.2) is 0 Å². The fourth-order valence-electron chi connectivity index (χ4n) is 8.00. The van der Waals surface area contributed by atoms with E-state index in [4.69, 9.17) is 47.4 Å². The van der Waals surface area contributed by atoms with Crippen LogP contribution >= 0.6 is 0 Å². The van der Waals surface area contributed by atoms with Crippen molar-refractivity contribution in [3.05, 3.63) is 0 Å². The van der Waals surface area contributed by atoms with Crippen molar-refractivity contribution in [1.29, 1.82) is 0 Å². The van der Waals surface area contributed by atoms with Crippen molar-refractivity contribution in [1.82, 2.24) is 10.6 Å². The van der Waals surface area contributed by atoms with Gasteiger partial charge in [0.15, 0.2) is 31.5 Å². The lowest BCUT2D eigenvalue weighted by molar-refractivity contribution is -0.384. The number of aliphatic hydroxyl groups is 14. The van der Waals surface area contributed by atoms with Gasteiger partial charge in [-0.05, 0) is 0 Å². The number of aliphatic hydroxyl groups excluding tert-OH is 14. The third-order valence-corrected chi connectivity index (χ3v) is 11.3. The number of methoxy groups -OCH3 is 1. The first kappa shape index (κ1) is 52.0. The van der Waals surface area contributed by atoms with E-state index in [2.05, 4.69) is 10.6 Å². The molecule has 5 aliphatic heterocycles. The van der Waals surface area contributed by atoms with Crippen molar-refractivity contribution < 1.29 is 128 Å². The van der Waals surface area contributed by atoms with Crippen LogP contribution < -0.4 is 10.6 Å². The van der Waals surface area contributed by atoms with Crippen molar-refractivity contribution in [3.8, 4) is 0 Å². The molecule has 25 atom stereocenters. The van der Waals surface area contributed by atoms with E-state index in [1.165, 1.54) is 0 Å². The topological polar surface area (TPSA) is 434 Å². The zero-order chi connectivity index (χ0) is 46.6. The van der Waals surface area contributed by atoms with E-state index in [-0.39, 0.29) is 0 Å². The summed E-state index contributed by atoms with van der Waals surface area (Å²) in [4.78, 5) is 24.3. The predicted molar refractivity (Wildman–Crippen MR) is 195 cm³/mol. The first-order chi connectivity index (χ1) is 29.8. The van der Waals surface area contributed by atoms with Crippen LogP contribution in [0.1, 0.15) is 13.8 Å². The average molecular weight is 925 g/mol. The lowest BCUT2D eigenvalue weighted by Crippen LogP contribution is -2.70. The summed E-state index contributed by atoms with van der Waals surface area (Å²) in [6.07, 6.45) is -40.6. The molecule has 0 saturated carbocycles. The summed E-state index contributed by atoms with van der Waals surface area (Å²) in [5, 5.41) is 154. The minimum Gasteiger partial charge on any atom is -0.394 e. The zero-order valence-electron chi connectivity index (χ0n) is 34.1. The van der Waals surface area contributed by atoms with Crippen LogP contribution in [-0.2, 0) is 57.0 Å². The quantitative estimate of drug-likeness (QED) is 0.0683. The fourth-order valence-corrected chi connectivity index (χ4v) is 8.00. The molecule has 5 heterocycles. The summed E-state index contributed by atoms with van der Waals surface area (Å²) < 4.78 is 56.5. The number of ether oxygens (including phenoxy) is 10. The minimum atomic E-state index is -2.14. The number of amides is 2. The highest BCUT2D eigenvalue weighted by Gasteiger charge is 2.56. The molecule has 0 radical (unpaired) electrons. The highest BCUT2D eigenvalue weighted by atomic mass is 16.8. The van der Waals surface area contributed by atoms with Crippen LogP contribution in [-0.4, -0.2) is 277 Å². The molecule has 0 spiro atoms. The molecule has 5 rings (SSSR count). The number of hydrogen-bond acceptors (Lipinski definition) is 26. The summed E-state index contributed by atoms with van der Waals surface area (Å²) in [5.41, 5.74) is 0. The molecule has 28 heteroatoms. The van der Waals surface area contributed by atoms with Crippen molar-refractivity contribution in [2.24, 2.45) is 0 Å². The van der Waals surface area contributed by atoms with Gasteiger partial charge >= 0.3 is 0 Å². The van der Waals surface area contributed by atoms with Crippen LogP contribution in [0.25, 0.3) is 0 Å². The second-order valence-corrected chi connectivity index (χ2v) is 15.7. The van der Waals surface area contributed by atoms with E-state index in [0.717, 1.165) is 21.0 Å². The standard InChI is InChI=1S/C35H60N2O26/c1-9(42)36-16-21(47)27(13(6-40)56-31(16)53)61-32-17(37-10(2)43)22(48)28(14(7-41)59-32)62-35-26(52)30(63-34-25(51)29(54-3)19(45)12(5-39)58-34)20(46)15(60-35)8-55-33-24(50)23(49)18(44)11(4-38)57-33/h11-35,38-41,44-53H,4-8H2,1-3H3,(H,36,42)(H,37,43)/t11-,12-,13-,14-,15-,16-,17-,18-,19-,20-,21-,22-,23+,24+,25+,26+,27-,28-,29+,30+,31-,32+,33+,34-,35+/m1/s1. The maximum Gasteiger partial charge on any atom is 0.217 e. The Bertz CT molecular complexity index is 1460. The molecule has 16 N–H and O–H groups in total. The molecular weight excluding hydrogens is 864 g/mol. The van der Waals surface area contributed by atoms with E-state index < -0.39 is 198 Å². The van der Waals surface area contributed by atoms with Crippen LogP contribution in [0.4, 0.5) is 0 Å². The molecule has 366 valence electrons. The molecule has 0 aromatic heterocycles. The van der Waals surface area contributed by atoms with Gasteiger partial charge in [-0.1, -0.05) is 0 Å². The number of hydrogen-bond donors (Lipinski definition) is 16. The number of nitrogens with one attached hydrogen (secondary N) is 2. The van der Waals surface area contributed by atoms with Crippen LogP contribution in [0.3, 0.4) is 0 Å². The van der Waals surface area contributed by atoms with E-state index in [1.807, 2.05) is 0 Å². The van der Waals surface area contributed by atoms with Crippen molar-refractivity contribution in [2.75, 3.05) is 40.1 Å². The van der Waals surface area contributed by atoms with Gasteiger partial charge in [0.2, 0.25) is 11.8 Å². The van der Waals surface area contributed by atoms with Gasteiger partial charge in [-0.25, -0.2) is 0 Å². The maximum atomic E-state index is 12.5. The third kappa shape index (κ3) is 11.4. The molecule has 0 bridgehead atoms. The first-order valence-corrected chi connectivity index (χ1v) is 20.0. The largest absolute Gasteiger partial charge is 0.394 e. The Hall–Kier alpha value is -2.02. The Kier molecular flexibility index (Phi) is 18.7. The van der Waals surface area contributed by atoms with Gasteiger partial charge in [0.05, 0.1) is 33.0 Å². The van der Waals surface area contributed by atoms with E-state index in [9.17, 15) is 81.1 Å². The predicted octanol–water partition coefficient (Wildman–Crippen LogP) is -11.0. The summed E-state index contributed by atoms with van der Waals surface area (Å²) in [6.45, 7) is -2.15. The number of carbonyl (C=O) groups excluding carboxylic acids is 2. The van der Waals surface area contributed by atoms with Gasteiger partial charge in [-0.2, -0.15) is 0 Å². The molecule has 0 aliphatic carbocycles. The molecule has 2 amide bonds. The fraction of sp³-hybridized carbons (Fsp3) is 0.943. The first-order valence-electron chi connectivity index (χ1n) is 20.0. The molecule has 5 aliphatic rings. The number of carbonyl (C=O) groups is 2. The molecule has 0 aromatic carbocycles. The van der Waals surface area contributed by atoms with Gasteiger partial charge < -0.3 is 129 Å². The average Bonchev–Trinajstić information content (AvgIpc) is 3.24. The lowest BCUT2D eigenvalue weighted by atomic mass is 9.94. The third-order valence-electron chi connectivity index (χ3n) is 11.3. The Morgan fingerprint density at radius 2 is 0.873 bits per heavy atom. The Morgan fingerprint density at radius 3 is 1.43 bits per heavy atom. The van der Waals surface area contributed by atoms with Crippen molar-refractivity contribution >= 4 is 11.8 Å². The van der Waals surface area contributed by atoms with Crippen LogP contribution in [0, 0.1) is 0 Å². The molecule has 0 aromatic rings. The van der Waals surface area contributed by atoms with Gasteiger partial charge in [0, 0.05) is 21.0 Å². The Morgan fingerprint density at radius 1 is 0.444 bits per heavy atom. The normalized spacial score (nSPS) is 48.4. The monoisotopic (exact) mass is 924 g/mol. The van der Waals surface area contributed by atoms with Gasteiger partial charge in [-0.15, -0.1) is 0 Å².